The molecule has 4 rings (SSSR count). The summed E-state index contributed by atoms with van der Waals surface area (Å²) in [5.41, 5.74) is 4.08. The first-order chi connectivity index (χ1) is 25.5. The molecule has 10 heteroatoms. The zero-order valence-corrected chi connectivity index (χ0v) is 32.7. The smallest absolute Gasteiger partial charge is 0.258 e. The molecule has 4 aromatic carbocycles. The lowest BCUT2D eigenvalue weighted by molar-refractivity contribution is -0.130. The van der Waals surface area contributed by atoms with Gasteiger partial charge in [0, 0.05) is 35.0 Å². The van der Waals surface area contributed by atoms with Crippen molar-refractivity contribution in [2.45, 2.75) is 91.4 Å². The number of nitrogens with one attached hydrogen (secondary N) is 4. The maximum absolute atomic E-state index is 13.3. The fourth-order valence-corrected chi connectivity index (χ4v) is 5.75. The van der Waals surface area contributed by atoms with Crippen molar-refractivity contribution in [3.8, 4) is 22.6 Å². The normalized spacial score (nSPS) is 12.5. The molecule has 4 N–H and O–H groups in total. The monoisotopic (exact) mass is 734 g/mol. The van der Waals surface area contributed by atoms with Crippen LogP contribution >= 0.6 is 0 Å². The minimum Gasteiger partial charge on any atom is -0.483 e. The van der Waals surface area contributed by atoms with Gasteiger partial charge in [-0.15, -0.1) is 0 Å². The third-order valence-electron chi connectivity index (χ3n) is 8.14. The fourth-order valence-electron chi connectivity index (χ4n) is 5.75. The second-order valence-corrected chi connectivity index (χ2v) is 15.7. The van der Waals surface area contributed by atoms with Crippen LogP contribution in [0.1, 0.15) is 63.8 Å². The standard InChI is InChI=1S/C44H54N4O6/c1-29-19-21-37(53-27-39(49)45-35(41(51)47-43(3,4)5)25-31-15-11-9-12-16-31)33(23-29)34-24-30(2)20-22-38(34)54-28-40(50)46-36(42(52)48-44(6,7)8)26-32-17-13-10-14-18-32/h9-24,35-36H,25-28H2,1-8H3,(H,45,49)(H,46,50)(H,47,51)(H,48,52)/t35-,36-/m0/s1. The molecule has 0 fully saturated rings. The number of carbonyl (C=O) groups excluding carboxylic acids is 4. The molecular formula is C44H54N4O6. The van der Waals surface area contributed by atoms with Gasteiger partial charge in [0.05, 0.1) is 0 Å². The van der Waals surface area contributed by atoms with Crippen LogP contribution in [0.4, 0.5) is 0 Å². The van der Waals surface area contributed by atoms with E-state index >= 15 is 0 Å². The van der Waals surface area contributed by atoms with Gasteiger partial charge >= 0.3 is 0 Å². The SMILES string of the molecule is Cc1ccc(OCC(=O)N[C@@H](Cc2ccccc2)C(=O)NC(C)(C)C)c(-c2cc(C)ccc2OCC(=O)N[C@@H](Cc2ccccc2)C(=O)NC(C)(C)C)c1. The van der Waals surface area contributed by atoms with Gasteiger partial charge < -0.3 is 30.7 Å². The van der Waals surface area contributed by atoms with Crippen LogP contribution in [-0.2, 0) is 32.0 Å². The van der Waals surface area contributed by atoms with Crippen LogP contribution < -0.4 is 30.7 Å². The van der Waals surface area contributed by atoms with Crippen LogP contribution in [0.5, 0.6) is 11.5 Å². The number of hydrogen-bond acceptors (Lipinski definition) is 6. The average Bonchev–Trinajstić information content (AvgIpc) is 3.09. The van der Waals surface area contributed by atoms with Crippen molar-refractivity contribution < 1.29 is 28.7 Å². The van der Waals surface area contributed by atoms with Crippen LogP contribution in [0.3, 0.4) is 0 Å². The summed E-state index contributed by atoms with van der Waals surface area (Å²) >= 11 is 0. The van der Waals surface area contributed by atoms with Gasteiger partial charge in [0.15, 0.2) is 13.2 Å². The molecule has 0 heterocycles. The van der Waals surface area contributed by atoms with Crippen LogP contribution in [-0.4, -0.2) is 60.0 Å². The van der Waals surface area contributed by atoms with Crippen molar-refractivity contribution in [1.82, 2.24) is 21.3 Å². The number of aryl methyl sites for hydroxylation is 2. The molecule has 2 atom stereocenters. The summed E-state index contributed by atoms with van der Waals surface area (Å²) in [5, 5.41) is 11.6. The van der Waals surface area contributed by atoms with Crippen molar-refractivity contribution in [2.75, 3.05) is 13.2 Å². The first-order valence-corrected chi connectivity index (χ1v) is 18.2. The molecule has 0 aliphatic heterocycles. The van der Waals surface area contributed by atoms with Gasteiger partial charge in [-0.2, -0.15) is 0 Å². The van der Waals surface area contributed by atoms with Crippen LogP contribution in [0.15, 0.2) is 97.1 Å². The van der Waals surface area contributed by atoms with Gasteiger partial charge in [0.1, 0.15) is 23.6 Å². The second kappa shape index (κ2) is 18.4. The lowest BCUT2D eigenvalue weighted by atomic mass is 9.99. The number of carbonyl (C=O) groups is 4. The number of hydrogen-bond donors (Lipinski definition) is 4. The van der Waals surface area contributed by atoms with Crippen LogP contribution in [0.2, 0.25) is 0 Å². The molecule has 286 valence electrons. The molecule has 0 unspecified atom stereocenters. The van der Waals surface area contributed by atoms with Gasteiger partial charge in [-0.25, -0.2) is 0 Å². The van der Waals surface area contributed by atoms with Crippen LogP contribution in [0.25, 0.3) is 11.1 Å². The molecular weight excluding hydrogens is 681 g/mol. The predicted octanol–water partition coefficient (Wildman–Crippen LogP) is 6.01. The van der Waals surface area contributed by atoms with E-state index in [-0.39, 0.29) is 25.0 Å². The number of ether oxygens (including phenoxy) is 2. The predicted molar refractivity (Wildman–Crippen MR) is 212 cm³/mol. The zero-order chi connectivity index (χ0) is 39.5. The van der Waals surface area contributed by atoms with E-state index in [0.29, 0.717) is 35.5 Å². The molecule has 0 aliphatic rings. The quantitative estimate of drug-likeness (QED) is 0.118. The molecule has 0 bridgehead atoms. The fraction of sp³-hybridized carbons (Fsp3) is 0.364. The number of benzene rings is 4. The maximum Gasteiger partial charge on any atom is 0.258 e. The van der Waals surface area contributed by atoms with Crippen molar-refractivity contribution in [1.29, 1.82) is 0 Å². The molecule has 0 radical (unpaired) electrons. The summed E-state index contributed by atoms with van der Waals surface area (Å²) in [6.07, 6.45) is 0.631. The van der Waals surface area contributed by atoms with E-state index in [1.165, 1.54) is 0 Å². The van der Waals surface area contributed by atoms with Gasteiger partial charge in [-0.05, 0) is 90.8 Å². The minimum absolute atomic E-state index is 0.289. The molecule has 0 aromatic heterocycles. The molecule has 4 amide bonds. The maximum atomic E-state index is 13.3. The van der Waals surface area contributed by atoms with E-state index in [1.54, 1.807) is 12.1 Å². The van der Waals surface area contributed by atoms with Gasteiger partial charge in [-0.1, -0.05) is 83.9 Å². The summed E-state index contributed by atoms with van der Waals surface area (Å²) in [4.78, 5) is 53.1. The average molecular weight is 735 g/mol. The van der Waals surface area contributed by atoms with E-state index in [1.807, 2.05) is 140 Å². The summed E-state index contributed by atoms with van der Waals surface area (Å²) in [6.45, 7) is 14.5. The Kier molecular flexibility index (Phi) is 14.0. The Morgan fingerprint density at radius 2 is 0.889 bits per heavy atom. The van der Waals surface area contributed by atoms with Crippen molar-refractivity contribution >= 4 is 23.6 Å². The summed E-state index contributed by atoms with van der Waals surface area (Å²) in [7, 11) is 0. The van der Waals surface area contributed by atoms with Crippen molar-refractivity contribution in [2.24, 2.45) is 0 Å². The Morgan fingerprint density at radius 3 is 1.22 bits per heavy atom. The highest BCUT2D eigenvalue weighted by Crippen LogP contribution is 2.38. The first-order valence-electron chi connectivity index (χ1n) is 18.2. The Balaban J connectivity index is 1.50. The zero-order valence-electron chi connectivity index (χ0n) is 32.7. The van der Waals surface area contributed by atoms with Crippen LogP contribution in [0, 0.1) is 13.8 Å². The van der Waals surface area contributed by atoms with Crippen molar-refractivity contribution in [3.63, 3.8) is 0 Å². The third kappa shape index (κ3) is 13.4. The summed E-state index contributed by atoms with van der Waals surface area (Å²) in [6, 6.07) is 28.6. The molecule has 0 spiro atoms. The van der Waals surface area contributed by atoms with Gasteiger partial charge in [0.2, 0.25) is 11.8 Å². The number of amides is 4. The summed E-state index contributed by atoms with van der Waals surface area (Å²) in [5.74, 6) is -0.633. The molecule has 54 heavy (non-hydrogen) atoms. The Labute approximate surface area is 319 Å². The molecule has 10 nitrogen and oxygen atoms in total. The second-order valence-electron chi connectivity index (χ2n) is 15.7. The highest BCUT2D eigenvalue weighted by atomic mass is 16.5. The Morgan fingerprint density at radius 1 is 0.537 bits per heavy atom. The Bertz CT molecular complexity index is 1760. The van der Waals surface area contributed by atoms with E-state index in [2.05, 4.69) is 21.3 Å². The van der Waals surface area contributed by atoms with E-state index in [4.69, 9.17) is 9.47 Å². The highest BCUT2D eigenvalue weighted by molar-refractivity contribution is 5.90. The molecule has 0 saturated heterocycles. The molecule has 4 aromatic rings. The summed E-state index contributed by atoms with van der Waals surface area (Å²) < 4.78 is 12.2. The third-order valence-corrected chi connectivity index (χ3v) is 8.14. The number of rotatable bonds is 15. The topological polar surface area (TPSA) is 135 Å². The Hall–Kier alpha value is -5.64. The minimum atomic E-state index is -0.810. The highest BCUT2D eigenvalue weighted by Gasteiger charge is 2.27. The largest absolute Gasteiger partial charge is 0.483 e. The van der Waals surface area contributed by atoms with E-state index in [0.717, 1.165) is 22.3 Å². The first kappa shape index (κ1) is 41.1. The van der Waals surface area contributed by atoms with E-state index in [9.17, 15) is 19.2 Å². The molecule has 0 aliphatic carbocycles. The van der Waals surface area contributed by atoms with Crippen molar-refractivity contribution in [3.05, 3.63) is 119 Å². The van der Waals surface area contributed by atoms with Gasteiger partial charge in [0.25, 0.3) is 11.8 Å². The molecule has 0 saturated carbocycles. The lowest BCUT2D eigenvalue weighted by Gasteiger charge is -2.26. The van der Waals surface area contributed by atoms with Gasteiger partial charge in [-0.3, -0.25) is 19.2 Å². The van der Waals surface area contributed by atoms with E-state index < -0.39 is 35.0 Å². The lowest BCUT2D eigenvalue weighted by Crippen LogP contribution is -2.53.